The molecule has 0 bridgehead atoms. The number of methoxy groups -OCH3 is 1. The fourth-order valence-corrected chi connectivity index (χ4v) is 5.25. The lowest BCUT2D eigenvalue weighted by Gasteiger charge is -2.34. The van der Waals surface area contributed by atoms with Crippen LogP contribution in [0.25, 0.3) is 16.3 Å². The number of carbonyl (C=O) groups excluding carboxylic acids is 2. The number of nitrogens with one attached hydrogen (secondary N) is 2. The number of anilines is 3. The predicted octanol–water partition coefficient (Wildman–Crippen LogP) is 4.31. The number of aryl methyl sites for hydroxylation is 1. The van der Waals surface area contributed by atoms with E-state index < -0.39 is 23.6 Å². The molecule has 2 N–H and O–H groups in total. The first-order chi connectivity index (χ1) is 20.5. The molecule has 2 aromatic heterocycles. The van der Waals surface area contributed by atoms with Gasteiger partial charge in [0.05, 0.1) is 29.4 Å². The van der Waals surface area contributed by atoms with E-state index in [0.717, 1.165) is 30.8 Å². The molecule has 15 heteroatoms. The average molecular weight is 615 g/mol. The molecule has 3 heterocycles. The number of likely N-dealkylation sites (N-methyl/N-ethyl adjacent to an activating group) is 1. The van der Waals surface area contributed by atoms with Crippen molar-refractivity contribution < 1.29 is 27.5 Å². The summed E-state index contributed by atoms with van der Waals surface area (Å²) in [7, 11) is 3.26. The Labute approximate surface area is 249 Å². The minimum atomic E-state index is -4.57. The highest BCUT2D eigenvalue weighted by atomic mass is 32.1. The Morgan fingerprint density at radius 2 is 1.86 bits per heavy atom. The van der Waals surface area contributed by atoms with E-state index >= 15 is 0 Å². The Kier molecular flexibility index (Phi) is 8.64. The van der Waals surface area contributed by atoms with E-state index in [1.165, 1.54) is 23.1 Å². The summed E-state index contributed by atoms with van der Waals surface area (Å²) in [6, 6.07) is 8.57. The molecule has 1 amide bonds. The van der Waals surface area contributed by atoms with Crippen molar-refractivity contribution in [3.63, 3.8) is 0 Å². The lowest BCUT2D eigenvalue weighted by atomic mass is 10.1. The van der Waals surface area contributed by atoms with E-state index in [9.17, 15) is 22.8 Å². The van der Waals surface area contributed by atoms with Crippen molar-refractivity contribution in [2.24, 2.45) is 0 Å². The third-order valence-corrected chi connectivity index (χ3v) is 7.93. The van der Waals surface area contributed by atoms with Crippen LogP contribution in [0.15, 0.2) is 48.8 Å². The third kappa shape index (κ3) is 7.11. The molecule has 1 saturated heterocycles. The smallest absolute Gasteiger partial charge is 0.416 e. The normalized spacial score (nSPS) is 14.0. The number of halogens is 3. The second-order valence-corrected chi connectivity index (χ2v) is 11.1. The number of hydrogen-bond acceptors (Lipinski definition) is 10. The van der Waals surface area contributed by atoms with Gasteiger partial charge in [-0.25, -0.2) is 9.67 Å². The summed E-state index contributed by atoms with van der Waals surface area (Å²) in [6.45, 7) is 4.43. The summed E-state index contributed by atoms with van der Waals surface area (Å²) in [4.78, 5) is 33.6. The summed E-state index contributed by atoms with van der Waals surface area (Å²) in [6.07, 6.45) is -1.29. The van der Waals surface area contributed by atoms with Gasteiger partial charge in [0.15, 0.2) is 5.13 Å². The molecule has 0 saturated carbocycles. The summed E-state index contributed by atoms with van der Waals surface area (Å²) in [5.74, 6) is -0.986. The molecule has 43 heavy (non-hydrogen) atoms. The maximum Gasteiger partial charge on any atom is 0.416 e. The van der Waals surface area contributed by atoms with E-state index in [0.29, 0.717) is 40.2 Å². The number of aromatic nitrogens is 4. The second-order valence-electron chi connectivity index (χ2n) is 10.0. The zero-order chi connectivity index (χ0) is 30.7. The van der Waals surface area contributed by atoms with Crippen molar-refractivity contribution in [3.8, 4) is 16.3 Å². The maximum absolute atomic E-state index is 13.8. The number of piperazine rings is 1. The average Bonchev–Trinajstić information content (AvgIpc) is 3.66. The number of nitrogens with zero attached hydrogens (tertiary/aromatic N) is 6. The number of thiazole rings is 1. The molecule has 4 aromatic rings. The monoisotopic (exact) mass is 614 g/mol. The van der Waals surface area contributed by atoms with Crippen LogP contribution in [0.1, 0.15) is 21.5 Å². The molecule has 11 nitrogen and oxygen atoms in total. The summed E-state index contributed by atoms with van der Waals surface area (Å²) >= 11 is 1.28. The van der Waals surface area contributed by atoms with E-state index in [1.807, 2.05) is 18.9 Å². The Morgan fingerprint density at radius 3 is 2.58 bits per heavy atom. The van der Waals surface area contributed by atoms with Gasteiger partial charge in [0.25, 0.3) is 5.91 Å². The number of carbonyl (C=O) groups is 2. The number of rotatable bonds is 8. The largest absolute Gasteiger partial charge is 0.468 e. The summed E-state index contributed by atoms with van der Waals surface area (Å²) < 4.78 is 47.4. The molecule has 0 unspecified atom stereocenters. The first-order valence-electron chi connectivity index (χ1n) is 13.3. The lowest BCUT2D eigenvalue weighted by molar-refractivity contribution is -0.139. The van der Waals surface area contributed by atoms with Crippen LogP contribution in [0.2, 0.25) is 0 Å². The zero-order valence-corrected chi connectivity index (χ0v) is 24.4. The van der Waals surface area contributed by atoms with Crippen molar-refractivity contribution in [1.29, 1.82) is 0 Å². The van der Waals surface area contributed by atoms with Crippen LogP contribution in [0.3, 0.4) is 0 Å². The van der Waals surface area contributed by atoms with Crippen molar-refractivity contribution in [1.82, 2.24) is 24.9 Å². The topological polar surface area (TPSA) is 118 Å². The van der Waals surface area contributed by atoms with E-state index in [1.54, 1.807) is 36.7 Å². The summed E-state index contributed by atoms with van der Waals surface area (Å²) in [5.41, 5.74) is 1.77. The van der Waals surface area contributed by atoms with Crippen LogP contribution in [-0.4, -0.2) is 83.6 Å². The number of hydrogen-bond donors (Lipinski definition) is 2. The van der Waals surface area contributed by atoms with Gasteiger partial charge in [-0.05, 0) is 49.9 Å². The van der Waals surface area contributed by atoms with Crippen molar-refractivity contribution >= 4 is 39.7 Å². The Bertz CT molecular complexity index is 1630. The lowest BCUT2D eigenvalue weighted by Crippen LogP contribution is -2.44. The molecule has 0 aliphatic carbocycles. The van der Waals surface area contributed by atoms with Crippen LogP contribution in [0.4, 0.5) is 29.7 Å². The Balaban J connectivity index is 1.35. The highest BCUT2D eigenvalue weighted by Gasteiger charge is 2.32. The van der Waals surface area contributed by atoms with Crippen LogP contribution in [0, 0.1) is 6.92 Å². The van der Waals surface area contributed by atoms with Gasteiger partial charge in [-0.2, -0.15) is 13.2 Å². The minimum Gasteiger partial charge on any atom is -0.468 e. The van der Waals surface area contributed by atoms with Crippen LogP contribution < -0.4 is 15.5 Å². The minimum absolute atomic E-state index is 0.0259. The molecule has 1 fully saturated rings. The number of esters is 1. The molecule has 0 atom stereocenters. The van der Waals surface area contributed by atoms with Gasteiger partial charge >= 0.3 is 12.1 Å². The highest BCUT2D eigenvalue weighted by Crippen LogP contribution is 2.35. The standard InChI is InChI=1S/C28H29F3N8O3S/c1-17-4-5-18(10-23(17)39-16-22(35-36-39)24-14-32-27(43-24)33-15-25(40)42-3)26(41)34-20-11-19(28(29,30)31)12-21(13-20)38-8-6-37(2)7-9-38/h4-5,10-14,16H,6-9,15H2,1-3H3,(H,32,33)(H,34,41). The first-order valence-corrected chi connectivity index (χ1v) is 14.1. The number of alkyl halides is 3. The maximum atomic E-state index is 13.8. The quantitative estimate of drug-likeness (QED) is 0.280. The molecular weight excluding hydrogens is 585 g/mol. The van der Waals surface area contributed by atoms with Gasteiger partial charge in [0.1, 0.15) is 12.2 Å². The zero-order valence-electron chi connectivity index (χ0n) is 23.6. The van der Waals surface area contributed by atoms with Gasteiger partial charge in [-0.1, -0.05) is 22.6 Å². The van der Waals surface area contributed by atoms with Crippen LogP contribution in [-0.2, 0) is 15.7 Å². The second kappa shape index (κ2) is 12.4. The molecule has 5 rings (SSSR count). The van der Waals surface area contributed by atoms with Gasteiger partial charge in [0, 0.05) is 49.3 Å². The Morgan fingerprint density at radius 1 is 1.09 bits per heavy atom. The van der Waals surface area contributed by atoms with Crippen molar-refractivity contribution in [3.05, 3.63) is 65.5 Å². The van der Waals surface area contributed by atoms with Crippen molar-refractivity contribution in [2.45, 2.75) is 13.1 Å². The third-order valence-electron chi connectivity index (χ3n) is 6.95. The van der Waals surface area contributed by atoms with E-state index in [-0.39, 0.29) is 17.8 Å². The molecule has 226 valence electrons. The van der Waals surface area contributed by atoms with E-state index in [4.69, 9.17) is 0 Å². The van der Waals surface area contributed by atoms with Gasteiger partial charge in [-0.3, -0.25) is 9.59 Å². The Hall–Kier alpha value is -4.50. The summed E-state index contributed by atoms with van der Waals surface area (Å²) in [5, 5.41) is 14.4. The molecular formula is C28H29F3N8O3S. The number of benzene rings is 2. The SMILES string of the molecule is COC(=O)CNc1ncc(-c2cn(-c3cc(C(=O)Nc4cc(N5CCN(C)CC5)cc(C(F)(F)F)c4)ccc3C)nn2)s1. The number of ether oxygens (including phenoxy) is 1. The van der Waals surface area contributed by atoms with Crippen molar-refractivity contribution in [2.75, 3.05) is 62.4 Å². The molecule has 0 spiro atoms. The molecule has 0 radical (unpaired) electrons. The molecule has 2 aromatic carbocycles. The fourth-order valence-electron chi connectivity index (χ4n) is 4.48. The van der Waals surface area contributed by atoms with Gasteiger partial charge in [0.2, 0.25) is 0 Å². The molecule has 1 aliphatic heterocycles. The molecule has 1 aliphatic rings. The first kappa shape index (κ1) is 30.0. The highest BCUT2D eigenvalue weighted by molar-refractivity contribution is 7.18. The van der Waals surface area contributed by atoms with Gasteiger partial charge < -0.3 is 25.2 Å². The van der Waals surface area contributed by atoms with Crippen LogP contribution in [0.5, 0.6) is 0 Å². The van der Waals surface area contributed by atoms with Crippen LogP contribution >= 0.6 is 11.3 Å². The van der Waals surface area contributed by atoms with Gasteiger partial charge in [-0.15, -0.1) is 5.10 Å². The number of amides is 1. The fraction of sp³-hybridized carbons (Fsp3) is 0.321. The van der Waals surface area contributed by atoms with E-state index in [2.05, 4.69) is 35.6 Å². The predicted molar refractivity (Wildman–Crippen MR) is 157 cm³/mol.